The van der Waals surface area contributed by atoms with E-state index < -0.39 is 12.0 Å². The van der Waals surface area contributed by atoms with Crippen LogP contribution in [0.4, 0.5) is 5.69 Å². The Balaban J connectivity index is 2.29. The molecular weight excluding hydrogens is 206 g/mol. The summed E-state index contributed by atoms with van der Waals surface area (Å²) in [5.41, 5.74) is 2.25. The molecule has 1 aromatic carbocycles. The number of carboxylic acids is 1. The summed E-state index contributed by atoms with van der Waals surface area (Å²) < 4.78 is 0. The lowest BCUT2D eigenvalue weighted by atomic mass is 10.2. The number of nitrogens with one attached hydrogen (secondary N) is 1. The van der Waals surface area contributed by atoms with Gasteiger partial charge in [0.25, 0.3) is 0 Å². The van der Waals surface area contributed by atoms with Gasteiger partial charge in [0.15, 0.2) is 0 Å². The quantitative estimate of drug-likeness (QED) is 0.815. The summed E-state index contributed by atoms with van der Waals surface area (Å²) in [4.78, 5) is 19.0. The monoisotopic (exact) mass is 217 g/mol. The Hall–Kier alpha value is -2.17. The number of carboxylic acid groups (broad SMARTS) is 1. The molecule has 0 radical (unpaired) electrons. The highest BCUT2D eigenvalue weighted by Gasteiger charge is 2.10. The third-order valence-electron chi connectivity index (χ3n) is 2.22. The maximum atomic E-state index is 10.7. The second-order valence-electron chi connectivity index (χ2n) is 3.46. The van der Waals surface area contributed by atoms with Crippen molar-refractivity contribution in [2.45, 2.75) is 13.0 Å². The molecule has 5 heteroatoms. The number of aromatic nitrogens is 2. The van der Waals surface area contributed by atoms with Gasteiger partial charge in [-0.05, 0) is 25.1 Å². The van der Waals surface area contributed by atoms with Crippen LogP contribution in [-0.4, -0.2) is 27.1 Å². The molecule has 2 aromatic rings. The van der Waals surface area contributed by atoms with E-state index in [0.717, 1.165) is 16.7 Å². The molecule has 16 heavy (non-hydrogen) atoms. The fraction of sp³-hybridized carbons (Fsp3) is 0.182. The Morgan fingerprint density at radius 3 is 2.69 bits per heavy atom. The lowest BCUT2D eigenvalue weighted by Gasteiger charge is -2.10. The molecule has 0 fully saturated rings. The van der Waals surface area contributed by atoms with Crippen LogP contribution in [0.1, 0.15) is 6.92 Å². The van der Waals surface area contributed by atoms with Crippen molar-refractivity contribution < 1.29 is 9.90 Å². The molecule has 0 aliphatic carbocycles. The fourth-order valence-corrected chi connectivity index (χ4v) is 1.36. The number of aliphatic carboxylic acids is 1. The van der Waals surface area contributed by atoms with Crippen LogP contribution in [0.2, 0.25) is 0 Å². The number of fused-ring (bicyclic) bond motifs is 1. The molecule has 0 saturated carbocycles. The van der Waals surface area contributed by atoms with E-state index in [1.807, 2.05) is 0 Å². The third kappa shape index (κ3) is 2.08. The molecule has 2 rings (SSSR count). The SMILES string of the molecule is CC(Nc1ccc2nccnc2c1)C(=O)O. The molecule has 1 unspecified atom stereocenters. The predicted molar refractivity (Wildman–Crippen MR) is 60.3 cm³/mol. The first-order valence-corrected chi connectivity index (χ1v) is 4.87. The van der Waals surface area contributed by atoms with Crippen LogP contribution in [-0.2, 0) is 4.79 Å². The van der Waals surface area contributed by atoms with Gasteiger partial charge in [-0.3, -0.25) is 14.8 Å². The van der Waals surface area contributed by atoms with Crippen LogP contribution < -0.4 is 5.32 Å². The Morgan fingerprint density at radius 1 is 1.31 bits per heavy atom. The molecule has 5 nitrogen and oxygen atoms in total. The maximum absolute atomic E-state index is 10.7. The van der Waals surface area contributed by atoms with E-state index in [1.165, 1.54) is 0 Å². The largest absolute Gasteiger partial charge is 0.480 e. The zero-order valence-corrected chi connectivity index (χ0v) is 8.71. The van der Waals surface area contributed by atoms with Crippen molar-refractivity contribution in [3.05, 3.63) is 30.6 Å². The van der Waals surface area contributed by atoms with Crippen molar-refractivity contribution in [2.75, 3.05) is 5.32 Å². The minimum atomic E-state index is -0.890. The van der Waals surface area contributed by atoms with Gasteiger partial charge in [0.1, 0.15) is 6.04 Å². The van der Waals surface area contributed by atoms with Gasteiger partial charge < -0.3 is 10.4 Å². The van der Waals surface area contributed by atoms with Crippen molar-refractivity contribution in [3.63, 3.8) is 0 Å². The molecule has 0 amide bonds. The molecule has 0 aliphatic rings. The van der Waals surface area contributed by atoms with Crippen LogP contribution in [0.25, 0.3) is 11.0 Å². The highest BCUT2D eigenvalue weighted by atomic mass is 16.4. The number of hydrogen-bond donors (Lipinski definition) is 2. The minimum absolute atomic E-state index is 0.630. The first-order chi connectivity index (χ1) is 7.66. The predicted octanol–water partition coefficient (Wildman–Crippen LogP) is 1.51. The zero-order chi connectivity index (χ0) is 11.5. The van der Waals surface area contributed by atoms with E-state index in [-0.39, 0.29) is 0 Å². The number of rotatable bonds is 3. The van der Waals surface area contributed by atoms with Crippen LogP contribution in [0.5, 0.6) is 0 Å². The molecule has 2 N–H and O–H groups in total. The number of benzene rings is 1. The summed E-state index contributed by atoms with van der Waals surface area (Å²) in [5, 5.41) is 11.6. The molecule has 1 atom stereocenters. The fourth-order valence-electron chi connectivity index (χ4n) is 1.36. The molecular formula is C11H11N3O2. The van der Waals surface area contributed by atoms with Crippen LogP contribution in [0, 0.1) is 0 Å². The summed E-state index contributed by atoms with van der Waals surface area (Å²) in [6.45, 7) is 1.59. The van der Waals surface area contributed by atoms with E-state index in [0.29, 0.717) is 0 Å². The van der Waals surface area contributed by atoms with Gasteiger partial charge in [0.05, 0.1) is 11.0 Å². The second-order valence-corrected chi connectivity index (χ2v) is 3.46. The number of nitrogens with zero attached hydrogens (tertiary/aromatic N) is 2. The molecule has 1 heterocycles. The number of carbonyl (C=O) groups is 1. The summed E-state index contributed by atoms with van der Waals surface area (Å²) >= 11 is 0. The van der Waals surface area contributed by atoms with Gasteiger partial charge >= 0.3 is 5.97 Å². The van der Waals surface area contributed by atoms with Crippen molar-refractivity contribution >= 4 is 22.7 Å². The molecule has 1 aromatic heterocycles. The molecule has 0 saturated heterocycles. The summed E-state index contributed by atoms with van der Waals surface area (Å²) in [6.07, 6.45) is 3.22. The number of hydrogen-bond acceptors (Lipinski definition) is 4. The molecule has 0 aliphatic heterocycles. The Morgan fingerprint density at radius 2 is 2.00 bits per heavy atom. The minimum Gasteiger partial charge on any atom is -0.480 e. The van der Waals surface area contributed by atoms with Gasteiger partial charge in [-0.25, -0.2) is 0 Å². The normalized spacial score (nSPS) is 12.3. The molecule has 0 bridgehead atoms. The van der Waals surface area contributed by atoms with Crippen molar-refractivity contribution in [1.82, 2.24) is 9.97 Å². The first kappa shape index (κ1) is 10.4. The standard InChI is InChI=1S/C11H11N3O2/c1-7(11(15)16)14-8-2-3-9-10(6-8)13-5-4-12-9/h2-7,14H,1H3,(H,15,16). The maximum Gasteiger partial charge on any atom is 0.325 e. The van der Waals surface area contributed by atoms with E-state index in [2.05, 4.69) is 15.3 Å². The van der Waals surface area contributed by atoms with Crippen molar-refractivity contribution in [3.8, 4) is 0 Å². The van der Waals surface area contributed by atoms with E-state index >= 15 is 0 Å². The summed E-state index contributed by atoms with van der Waals surface area (Å²) in [6, 6.07) is 4.74. The van der Waals surface area contributed by atoms with Gasteiger partial charge in [0.2, 0.25) is 0 Å². The Kier molecular flexibility index (Phi) is 2.68. The third-order valence-corrected chi connectivity index (χ3v) is 2.22. The second kappa shape index (κ2) is 4.14. The Bertz CT molecular complexity index is 527. The Labute approximate surface area is 92.2 Å². The van der Waals surface area contributed by atoms with Crippen molar-refractivity contribution in [1.29, 1.82) is 0 Å². The smallest absolute Gasteiger partial charge is 0.325 e. The highest BCUT2D eigenvalue weighted by molar-refractivity contribution is 5.81. The lowest BCUT2D eigenvalue weighted by molar-refractivity contribution is -0.137. The first-order valence-electron chi connectivity index (χ1n) is 4.87. The van der Waals surface area contributed by atoms with Crippen molar-refractivity contribution in [2.24, 2.45) is 0 Å². The highest BCUT2D eigenvalue weighted by Crippen LogP contribution is 2.15. The number of anilines is 1. The van der Waals surface area contributed by atoms with E-state index in [9.17, 15) is 4.79 Å². The average Bonchev–Trinajstić information content (AvgIpc) is 2.28. The zero-order valence-electron chi connectivity index (χ0n) is 8.71. The average molecular weight is 217 g/mol. The van der Waals surface area contributed by atoms with Crippen LogP contribution in [0.3, 0.4) is 0 Å². The summed E-state index contributed by atoms with van der Waals surface area (Å²) in [5.74, 6) is -0.890. The van der Waals surface area contributed by atoms with E-state index in [4.69, 9.17) is 5.11 Å². The molecule has 0 spiro atoms. The summed E-state index contributed by atoms with van der Waals surface area (Å²) in [7, 11) is 0. The lowest BCUT2D eigenvalue weighted by Crippen LogP contribution is -2.25. The van der Waals surface area contributed by atoms with Gasteiger partial charge in [-0.2, -0.15) is 0 Å². The topological polar surface area (TPSA) is 75.1 Å². The van der Waals surface area contributed by atoms with Gasteiger partial charge in [-0.1, -0.05) is 0 Å². The van der Waals surface area contributed by atoms with Crippen LogP contribution in [0.15, 0.2) is 30.6 Å². The van der Waals surface area contributed by atoms with Gasteiger partial charge in [-0.15, -0.1) is 0 Å². The van der Waals surface area contributed by atoms with Gasteiger partial charge in [0, 0.05) is 18.1 Å². The van der Waals surface area contributed by atoms with E-state index in [1.54, 1.807) is 37.5 Å². The molecule has 82 valence electrons. The van der Waals surface area contributed by atoms with Crippen LogP contribution >= 0.6 is 0 Å².